The Morgan fingerprint density at radius 1 is 1.47 bits per heavy atom. The molecule has 0 bridgehead atoms. The van der Waals surface area contributed by atoms with E-state index in [-0.39, 0.29) is 6.04 Å². The number of nitrogens with zero attached hydrogens (tertiary/aromatic N) is 1. The first-order valence-corrected chi connectivity index (χ1v) is 5.38. The number of aromatic nitrogens is 1. The summed E-state index contributed by atoms with van der Waals surface area (Å²) < 4.78 is 6.22. The topological polar surface area (TPSA) is 52.0 Å². The highest BCUT2D eigenvalue weighted by Gasteiger charge is 2.17. The molecule has 0 fully saturated rings. The van der Waals surface area contributed by atoms with Crippen LogP contribution in [0.4, 0.5) is 0 Å². The summed E-state index contributed by atoms with van der Waals surface area (Å²) in [5.41, 5.74) is 8.19. The summed E-state index contributed by atoms with van der Waals surface area (Å²) in [6, 6.07) is 3.50. The van der Waals surface area contributed by atoms with Gasteiger partial charge in [0.15, 0.2) is 0 Å². The number of aryl methyl sites for hydroxylation is 1. The predicted octanol–water partition coefficient (Wildman–Crippen LogP) is 2.79. The van der Waals surface area contributed by atoms with Gasteiger partial charge >= 0.3 is 0 Å². The van der Waals surface area contributed by atoms with Crippen molar-refractivity contribution in [1.29, 1.82) is 0 Å². The van der Waals surface area contributed by atoms with E-state index >= 15 is 0 Å². The highest BCUT2D eigenvalue weighted by atomic mass is 79.9. The Hall–Kier alpha value is -1.13. The van der Waals surface area contributed by atoms with Crippen LogP contribution in [0.2, 0.25) is 0 Å². The van der Waals surface area contributed by atoms with E-state index in [1.807, 2.05) is 19.1 Å². The van der Waals surface area contributed by atoms with Crippen molar-refractivity contribution in [2.75, 3.05) is 0 Å². The molecule has 78 valence electrons. The fourth-order valence-corrected chi connectivity index (χ4v) is 1.92. The summed E-state index contributed by atoms with van der Waals surface area (Å²) >= 11 is 3.39. The second kappa shape index (κ2) is 4.16. The second-order valence-electron chi connectivity index (χ2n) is 3.34. The van der Waals surface area contributed by atoms with Gasteiger partial charge in [0.1, 0.15) is 5.76 Å². The minimum absolute atomic E-state index is 0.275. The molecule has 1 unspecified atom stereocenters. The number of hydrogen-bond donors (Lipinski definition) is 1. The third kappa shape index (κ3) is 1.96. The number of halogens is 1. The van der Waals surface area contributed by atoms with Crippen molar-refractivity contribution in [2.45, 2.75) is 13.0 Å². The lowest BCUT2D eigenvalue weighted by molar-refractivity contribution is 0.486. The maximum atomic E-state index is 6.10. The quantitative estimate of drug-likeness (QED) is 0.910. The Kier molecular flexibility index (Phi) is 2.88. The average molecular weight is 267 g/mol. The number of nitrogens with two attached hydrogens (primary N) is 1. The summed E-state index contributed by atoms with van der Waals surface area (Å²) in [6.45, 7) is 2.01. The summed E-state index contributed by atoms with van der Waals surface area (Å²) in [6.07, 6.45) is 5.14. The Labute approximate surface area is 96.4 Å². The SMILES string of the molecule is Cc1ccncc1C(N)c1occc1Br. The molecule has 2 aromatic rings. The molecule has 0 saturated carbocycles. The van der Waals surface area contributed by atoms with Crippen molar-refractivity contribution in [1.82, 2.24) is 4.98 Å². The third-order valence-corrected chi connectivity index (χ3v) is 3.00. The minimum Gasteiger partial charge on any atom is -0.466 e. The van der Waals surface area contributed by atoms with Gasteiger partial charge < -0.3 is 10.2 Å². The van der Waals surface area contributed by atoms with Crippen molar-refractivity contribution >= 4 is 15.9 Å². The van der Waals surface area contributed by atoms with Gasteiger partial charge in [-0.2, -0.15) is 0 Å². The number of hydrogen-bond acceptors (Lipinski definition) is 3. The fraction of sp³-hybridized carbons (Fsp3) is 0.182. The van der Waals surface area contributed by atoms with E-state index < -0.39 is 0 Å². The maximum Gasteiger partial charge on any atom is 0.139 e. The molecular formula is C11H11BrN2O. The summed E-state index contributed by atoms with van der Waals surface area (Å²) in [4.78, 5) is 4.07. The number of rotatable bonds is 2. The van der Waals surface area contributed by atoms with E-state index in [9.17, 15) is 0 Å². The van der Waals surface area contributed by atoms with Crippen molar-refractivity contribution in [3.8, 4) is 0 Å². The number of pyridine rings is 1. The highest BCUT2D eigenvalue weighted by Crippen LogP contribution is 2.28. The minimum atomic E-state index is -0.275. The third-order valence-electron chi connectivity index (χ3n) is 2.34. The van der Waals surface area contributed by atoms with Crippen LogP contribution in [-0.2, 0) is 0 Å². The van der Waals surface area contributed by atoms with Gasteiger partial charge in [0.25, 0.3) is 0 Å². The molecule has 0 spiro atoms. The zero-order valence-electron chi connectivity index (χ0n) is 8.27. The lowest BCUT2D eigenvalue weighted by Gasteiger charge is -2.11. The van der Waals surface area contributed by atoms with Crippen LogP contribution in [0.1, 0.15) is 22.9 Å². The van der Waals surface area contributed by atoms with E-state index in [0.29, 0.717) is 0 Å². The lowest BCUT2D eigenvalue weighted by Crippen LogP contribution is -2.13. The van der Waals surface area contributed by atoms with Crippen molar-refractivity contribution in [3.63, 3.8) is 0 Å². The fourth-order valence-electron chi connectivity index (χ4n) is 1.47. The predicted molar refractivity (Wildman–Crippen MR) is 61.4 cm³/mol. The largest absolute Gasteiger partial charge is 0.466 e. The maximum absolute atomic E-state index is 6.10. The molecule has 0 aliphatic rings. The first-order valence-electron chi connectivity index (χ1n) is 4.59. The molecule has 0 aliphatic carbocycles. The molecule has 2 heterocycles. The molecule has 1 atom stereocenters. The average Bonchev–Trinajstić information content (AvgIpc) is 2.64. The molecule has 0 amide bonds. The summed E-state index contributed by atoms with van der Waals surface area (Å²) in [7, 11) is 0. The van der Waals surface area contributed by atoms with Gasteiger partial charge in [0.2, 0.25) is 0 Å². The standard InChI is InChI=1S/C11H11BrN2O/c1-7-2-4-14-6-8(7)10(13)11-9(12)3-5-15-11/h2-6,10H,13H2,1H3. The first kappa shape index (κ1) is 10.4. The molecule has 0 saturated heterocycles. The Balaban J connectivity index is 2.41. The van der Waals surface area contributed by atoms with Crippen LogP contribution >= 0.6 is 15.9 Å². The zero-order valence-corrected chi connectivity index (χ0v) is 9.86. The Bertz CT molecular complexity index is 467. The van der Waals surface area contributed by atoms with Crippen LogP contribution in [-0.4, -0.2) is 4.98 Å². The van der Waals surface area contributed by atoms with Crippen LogP contribution in [0.25, 0.3) is 0 Å². The molecule has 0 aliphatic heterocycles. The molecular weight excluding hydrogens is 256 g/mol. The zero-order chi connectivity index (χ0) is 10.8. The van der Waals surface area contributed by atoms with E-state index in [1.54, 1.807) is 18.7 Å². The van der Waals surface area contributed by atoms with Crippen LogP contribution < -0.4 is 5.73 Å². The highest BCUT2D eigenvalue weighted by molar-refractivity contribution is 9.10. The van der Waals surface area contributed by atoms with Gasteiger partial charge in [-0.1, -0.05) is 0 Å². The smallest absolute Gasteiger partial charge is 0.139 e. The van der Waals surface area contributed by atoms with Gasteiger partial charge in [-0.25, -0.2) is 0 Å². The molecule has 0 radical (unpaired) electrons. The normalized spacial score (nSPS) is 12.7. The van der Waals surface area contributed by atoms with E-state index in [0.717, 1.165) is 21.4 Å². The Morgan fingerprint density at radius 2 is 2.27 bits per heavy atom. The van der Waals surface area contributed by atoms with Crippen molar-refractivity contribution in [3.05, 3.63) is 52.1 Å². The monoisotopic (exact) mass is 266 g/mol. The van der Waals surface area contributed by atoms with E-state index in [4.69, 9.17) is 10.2 Å². The number of furan rings is 1. The molecule has 0 aromatic carbocycles. The van der Waals surface area contributed by atoms with Crippen molar-refractivity contribution in [2.24, 2.45) is 5.73 Å². The van der Waals surface area contributed by atoms with Crippen LogP contribution in [0.3, 0.4) is 0 Å². The van der Waals surface area contributed by atoms with Gasteiger partial charge in [-0.15, -0.1) is 0 Å². The summed E-state index contributed by atoms with van der Waals surface area (Å²) in [5, 5.41) is 0. The lowest BCUT2D eigenvalue weighted by atomic mass is 10.0. The summed E-state index contributed by atoms with van der Waals surface area (Å²) in [5.74, 6) is 0.728. The second-order valence-corrected chi connectivity index (χ2v) is 4.20. The molecule has 3 nitrogen and oxygen atoms in total. The van der Waals surface area contributed by atoms with Gasteiger partial charge in [0, 0.05) is 12.4 Å². The molecule has 2 rings (SSSR count). The molecule has 2 aromatic heterocycles. The molecule has 15 heavy (non-hydrogen) atoms. The van der Waals surface area contributed by atoms with E-state index in [2.05, 4.69) is 20.9 Å². The Morgan fingerprint density at radius 3 is 2.87 bits per heavy atom. The van der Waals surface area contributed by atoms with Crippen molar-refractivity contribution < 1.29 is 4.42 Å². The van der Waals surface area contributed by atoms with Crippen LogP contribution in [0.15, 0.2) is 39.7 Å². The van der Waals surface area contributed by atoms with E-state index in [1.165, 1.54) is 0 Å². The van der Waals surface area contributed by atoms with Crippen LogP contribution in [0, 0.1) is 6.92 Å². The van der Waals surface area contributed by atoms with Crippen LogP contribution in [0.5, 0.6) is 0 Å². The van der Waals surface area contributed by atoms with Gasteiger partial charge in [0.05, 0.1) is 16.8 Å². The molecule has 4 heteroatoms. The first-order chi connectivity index (χ1) is 7.20. The van der Waals surface area contributed by atoms with Gasteiger partial charge in [-0.3, -0.25) is 4.98 Å². The molecule has 2 N–H and O–H groups in total. The van der Waals surface area contributed by atoms with Gasteiger partial charge in [-0.05, 0) is 46.1 Å².